The Hall–Kier alpha value is -3.29. The number of amides is 2. The summed E-state index contributed by atoms with van der Waals surface area (Å²) in [5.41, 5.74) is 1.10. The van der Waals surface area contributed by atoms with Crippen molar-refractivity contribution in [2.24, 2.45) is 0 Å². The lowest BCUT2D eigenvalue weighted by molar-refractivity contribution is -0.146. The van der Waals surface area contributed by atoms with E-state index in [0.29, 0.717) is 43.7 Å². The molecule has 1 spiro atoms. The van der Waals surface area contributed by atoms with Crippen molar-refractivity contribution in [3.05, 3.63) is 60.3 Å². The zero-order valence-corrected chi connectivity index (χ0v) is 16.1. The second kappa shape index (κ2) is 6.95. The molecular weight excluding hydrogens is 368 g/mol. The second-order valence-corrected chi connectivity index (χ2v) is 7.73. The van der Waals surface area contributed by atoms with Crippen LogP contribution in [0.4, 0.5) is 0 Å². The van der Waals surface area contributed by atoms with Crippen molar-refractivity contribution in [2.75, 3.05) is 13.1 Å². The Morgan fingerprint density at radius 2 is 1.97 bits per heavy atom. The molecule has 1 atom stereocenters. The van der Waals surface area contributed by atoms with Gasteiger partial charge in [-0.1, -0.05) is 6.07 Å². The number of likely N-dealkylation sites (tertiary alicyclic amines) is 2. The van der Waals surface area contributed by atoms with Gasteiger partial charge in [0.2, 0.25) is 5.91 Å². The van der Waals surface area contributed by atoms with Crippen LogP contribution in [0.25, 0.3) is 5.65 Å². The number of nitrogens with zero attached hydrogens (tertiary/aromatic N) is 6. The third-order valence-corrected chi connectivity index (χ3v) is 6.07. The van der Waals surface area contributed by atoms with Crippen molar-refractivity contribution < 1.29 is 9.59 Å². The Kier molecular flexibility index (Phi) is 4.26. The van der Waals surface area contributed by atoms with Crippen LogP contribution in [-0.2, 0) is 11.3 Å². The molecule has 0 aromatic carbocycles. The molecule has 2 amide bonds. The number of hydrogen-bond acceptors (Lipinski definition) is 5. The molecule has 5 rings (SSSR count). The third-order valence-electron chi connectivity index (χ3n) is 6.07. The lowest BCUT2D eigenvalue weighted by Crippen LogP contribution is -2.61. The standard InChI is InChI=1S/C21H22N6O2/c28-19(17-7-3-11-26-15-23-24-18(17)26)27-13-5-9-21(27)8-4-12-25(20(21)29)14-16-6-1-2-10-22-16/h1-3,6-7,10-11,15H,4-5,8-9,12-14H2. The predicted molar refractivity (Wildman–Crippen MR) is 105 cm³/mol. The maximum atomic E-state index is 13.6. The van der Waals surface area contributed by atoms with Gasteiger partial charge in [-0.15, -0.1) is 10.2 Å². The molecule has 29 heavy (non-hydrogen) atoms. The number of fused-ring (bicyclic) bond motifs is 1. The smallest absolute Gasteiger partial charge is 0.258 e. The number of aromatic nitrogens is 4. The molecule has 0 aliphatic carbocycles. The van der Waals surface area contributed by atoms with Crippen LogP contribution in [0.5, 0.6) is 0 Å². The first-order chi connectivity index (χ1) is 14.2. The molecule has 2 aliphatic heterocycles. The third kappa shape index (κ3) is 2.86. The van der Waals surface area contributed by atoms with Crippen molar-refractivity contribution in [3.63, 3.8) is 0 Å². The van der Waals surface area contributed by atoms with Crippen LogP contribution in [-0.4, -0.2) is 59.8 Å². The molecule has 1 unspecified atom stereocenters. The quantitative estimate of drug-likeness (QED) is 0.682. The van der Waals surface area contributed by atoms with Gasteiger partial charge in [0.1, 0.15) is 11.9 Å². The van der Waals surface area contributed by atoms with E-state index < -0.39 is 5.54 Å². The number of piperidine rings is 1. The lowest BCUT2D eigenvalue weighted by atomic mass is 9.85. The zero-order valence-electron chi connectivity index (χ0n) is 16.1. The van der Waals surface area contributed by atoms with E-state index in [-0.39, 0.29) is 11.8 Å². The van der Waals surface area contributed by atoms with Gasteiger partial charge in [0.15, 0.2) is 5.65 Å². The van der Waals surface area contributed by atoms with Crippen LogP contribution < -0.4 is 0 Å². The molecule has 2 fully saturated rings. The second-order valence-electron chi connectivity index (χ2n) is 7.73. The van der Waals surface area contributed by atoms with E-state index in [9.17, 15) is 9.59 Å². The van der Waals surface area contributed by atoms with E-state index in [1.807, 2.05) is 35.4 Å². The molecule has 5 heterocycles. The van der Waals surface area contributed by atoms with Crippen molar-refractivity contribution in [3.8, 4) is 0 Å². The fourth-order valence-corrected chi connectivity index (χ4v) is 4.72. The zero-order chi connectivity index (χ0) is 19.8. The molecule has 0 bridgehead atoms. The van der Waals surface area contributed by atoms with Crippen LogP contribution in [0.15, 0.2) is 49.1 Å². The van der Waals surface area contributed by atoms with Crippen LogP contribution in [0.3, 0.4) is 0 Å². The van der Waals surface area contributed by atoms with Gasteiger partial charge in [-0.2, -0.15) is 0 Å². The fourth-order valence-electron chi connectivity index (χ4n) is 4.72. The van der Waals surface area contributed by atoms with Gasteiger partial charge >= 0.3 is 0 Å². The van der Waals surface area contributed by atoms with E-state index in [0.717, 1.165) is 18.5 Å². The molecule has 2 saturated heterocycles. The highest BCUT2D eigenvalue weighted by Crippen LogP contribution is 2.39. The van der Waals surface area contributed by atoms with Crippen LogP contribution in [0.1, 0.15) is 41.7 Å². The first-order valence-corrected chi connectivity index (χ1v) is 9.99. The molecule has 8 nitrogen and oxygen atoms in total. The molecule has 0 N–H and O–H groups in total. The maximum Gasteiger partial charge on any atom is 0.258 e. The summed E-state index contributed by atoms with van der Waals surface area (Å²) >= 11 is 0. The highest BCUT2D eigenvalue weighted by atomic mass is 16.2. The summed E-state index contributed by atoms with van der Waals surface area (Å²) in [4.78, 5) is 35.1. The largest absolute Gasteiger partial charge is 0.335 e. The fraction of sp³-hybridized carbons (Fsp3) is 0.381. The molecule has 3 aromatic heterocycles. The predicted octanol–water partition coefficient (Wildman–Crippen LogP) is 1.92. The summed E-state index contributed by atoms with van der Waals surface area (Å²) in [6.07, 6.45) is 8.23. The monoisotopic (exact) mass is 390 g/mol. The van der Waals surface area contributed by atoms with Crippen LogP contribution >= 0.6 is 0 Å². The minimum Gasteiger partial charge on any atom is -0.335 e. The normalized spacial score (nSPS) is 22.0. The van der Waals surface area contributed by atoms with Gasteiger partial charge in [-0.25, -0.2) is 0 Å². The highest BCUT2D eigenvalue weighted by Gasteiger charge is 2.53. The SMILES string of the molecule is O=C(c1cccn2cnnc12)N1CCCC12CCCN(Cc1ccccn1)C2=O. The molecule has 148 valence electrons. The van der Waals surface area contributed by atoms with Gasteiger partial charge in [0.05, 0.1) is 17.8 Å². The van der Waals surface area contributed by atoms with Crippen molar-refractivity contribution in [2.45, 2.75) is 37.8 Å². The molecule has 8 heteroatoms. The summed E-state index contributed by atoms with van der Waals surface area (Å²) in [5.74, 6) is -0.109. The Morgan fingerprint density at radius 1 is 1.10 bits per heavy atom. The average molecular weight is 390 g/mol. The minimum absolute atomic E-state index is 0.0358. The van der Waals surface area contributed by atoms with E-state index in [2.05, 4.69) is 15.2 Å². The van der Waals surface area contributed by atoms with Crippen LogP contribution in [0.2, 0.25) is 0 Å². The molecule has 0 radical (unpaired) electrons. The molecular formula is C21H22N6O2. The average Bonchev–Trinajstić information content (AvgIpc) is 3.39. The number of carbonyl (C=O) groups is 2. The Morgan fingerprint density at radius 3 is 2.79 bits per heavy atom. The van der Waals surface area contributed by atoms with Crippen molar-refractivity contribution >= 4 is 17.5 Å². The van der Waals surface area contributed by atoms with E-state index >= 15 is 0 Å². The summed E-state index contributed by atoms with van der Waals surface area (Å²) in [6, 6.07) is 9.29. The number of rotatable bonds is 3. The highest BCUT2D eigenvalue weighted by molar-refractivity contribution is 6.03. The number of carbonyl (C=O) groups excluding carboxylic acids is 2. The van der Waals surface area contributed by atoms with Crippen LogP contribution in [0, 0.1) is 0 Å². The summed E-state index contributed by atoms with van der Waals surface area (Å²) in [7, 11) is 0. The Labute approximate surface area is 168 Å². The van der Waals surface area contributed by atoms with Gasteiger partial charge in [-0.3, -0.25) is 19.0 Å². The summed E-state index contributed by atoms with van der Waals surface area (Å²) in [6.45, 7) is 1.75. The van der Waals surface area contributed by atoms with E-state index in [1.165, 1.54) is 0 Å². The number of hydrogen-bond donors (Lipinski definition) is 0. The Bertz CT molecular complexity index is 1070. The number of pyridine rings is 2. The topological polar surface area (TPSA) is 83.7 Å². The minimum atomic E-state index is -0.767. The summed E-state index contributed by atoms with van der Waals surface area (Å²) in [5, 5.41) is 8.01. The molecule has 0 saturated carbocycles. The van der Waals surface area contributed by atoms with E-state index in [4.69, 9.17) is 0 Å². The van der Waals surface area contributed by atoms with Gasteiger partial charge in [0, 0.05) is 25.5 Å². The lowest BCUT2D eigenvalue weighted by Gasteiger charge is -2.44. The molecule has 3 aromatic rings. The summed E-state index contributed by atoms with van der Waals surface area (Å²) < 4.78 is 1.73. The first kappa shape index (κ1) is 17.8. The van der Waals surface area contributed by atoms with Crippen molar-refractivity contribution in [1.29, 1.82) is 0 Å². The van der Waals surface area contributed by atoms with Gasteiger partial charge in [-0.05, 0) is 49.9 Å². The van der Waals surface area contributed by atoms with Crippen molar-refractivity contribution in [1.82, 2.24) is 29.4 Å². The van der Waals surface area contributed by atoms with Gasteiger partial charge < -0.3 is 9.80 Å². The van der Waals surface area contributed by atoms with E-state index in [1.54, 1.807) is 27.9 Å². The Balaban J connectivity index is 1.46. The van der Waals surface area contributed by atoms with Gasteiger partial charge in [0.25, 0.3) is 5.91 Å². The maximum absolute atomic E-state index is 13.6. The molecule has 2 aliphatic rings. The first-order valence-electron chi connectivity index (χ1n) is 9.99.